The molecule has 0 saturated carbocycles. The minimum atomic E-state index is 0.539. The molecule has 0 atom stereocenters. The molecule has 1 aromatic rings. The number of aromatic nitrogens is 2. The van der Waals surface area contributed by atoms with Gasteiger partial charge in [0.25, 0.3) is 0 Å². The van der Waals surface area contributed by atoms with E-state index in [0.717, 1.165) is 43.8 Å². The van der Waals surface area contributed by atoms with Crippen molar-refractivity contribution in [2.45, 2.75) is 26.2 Å². The second-order valence-corrected chi connectivity index (χ2v) is 3.71. The summed E-state index contributed by atoms with van der Waals surface area (Å²) in [5, 5.41) is 3.26. The number of rotatable bonds is 7. The number of nitrogen functional groups attached to an aromatic ring is 1. The lowest BCUT2D eigenvalue weighted by Gasteiger charge is -2.08. The van der Waals surface area contributed by atoms with Crippen molar-refractivity contribution >= 4 is 11.6 Å². The first-order valence-corrected chi connectivity index (χ1v) is 5.55. The zero-order valence-electron chi connectivity index (χ0n) is 9.99. The van der Waals surface area contributed by atoms with Gasteiger partial charge in [-0.1, -0.05) is 0 Å². The summed E-state index contributed by atoms with van der Waals surface area (Å²) in [4.78, 5) is 8.06. The van der Waals surface area contributed by atoms with Gasteiger partial charge in [0.15, 0.2) is 0 Å². The molecular formula is C11H20N4O. The van der Waals surface area contributed by atoms with E-state index in [1.54, 1.807) is 7.11 Å². The minimum absolute atomic E-state index is 0.539. The molecule has 0 saturated heterocycles. The number of hydrogen-bond acceptors (Lipinski definition) is 5. The lowest BCUT2D eigenvalue weighted by Crippen LogP contribution is -2.07. The molecule has 0 spiro atoms. The first-order valence-electron chi connectivity index (χ1n) is 5.55. The van der Waals surface area contributed by atoms with E-state index in [2.05, 4.69) is 15.3 Å². The standard InChI is InChI=1S/C11H20N4O/c1-9-10(12)14-8-15-11(9)13-6-4-3-5-7-16-2/h8H,3-7H2,1-2H3,(H3,12,13,14,15). The zero-order chi connectivity index (χ0) is 11.8. The summed E-state index contributed by atoms with van der Waals surface area (Å²) in [5.74, 6) is 1.37. The molecular weight excluding hydrogens is 204 g/mol. The average Bonchev–Trinajstić information content (AvgIpc) is 2.29. The third-order valence-electron chi connectivity index (χ3n) is 2.44. The highest BCUT2D eigenvalue weighted by molar-refractivity contribution is 5.53. The molecule has 3 N–H and O–H groups in total. The van der Waals surface area contributed by atoms with Crippen molar-refractivity contribution in [2.75, 3.05) is 31.3 Å². The Hall–Kier alpha value is -1.36. The van der Waals surface area contributed by atoms with Crippen LogP contribution in [0.4, 0.5) is 11.6 Å². The molecule has 0 aliphatic heterocycles. The molecule has 5 heteroatoms. The third kappa shape index (κ3) is 4.02. The maximum Gasteiger partial charge on any atom is 0.134 e. The number of anilines is 2. The molecule has 0 radical (unpaired) electrons. The van der Waals surface area contributed by atoms with E-state index < -0.39 is 0 Å². The van der Waals surface area contributed by atoms with Gasteiger partial charge in [-0.25, -0.2) is 9.97 Å². The quantitative estimate of drug-likeness (QED) is 0.688. The van der Waals surface area contributed by atoms with Crippen molar-refractivity contribution in [1.29, 1.82) is 0 Å². The fourth-order valence-electron chi connectivity index (χ4n) is 1.40. The van der Waals surface area contributed by atoms with Gasteiger partial charge in [0, 0.05) is 25.8 Å². The molecule has 0 fully saturated rings. The Morgan fingerprint density at radius 2 is 2.12 bits per heavy atom. The summed E-state index contributed by atoms with van der Waals surface area (Å²) in [7, 11) is 1.73. The van der Waals surface area contributed by atoms with Gasteiger partial charge in [0.05, 0.1) is 0 Å². The van der Waals surface area contributed by atoms with Crippen LogP contribution in [0.25, 0.3) is 0 Å². The lowest BCUT2D eigenvalue weighted by molar-refractivity contribution is 0.192. The predicted octanol–water partition coefficient (Wildman–Crippen LogP) is 1.60. The third-order valence-corrected chi connectivity index (χ3v) is 2.44. The normalized spacial score (nSPS) is 10.4. The summed E-state index contributed by atoms with van der Waals surface area (Å²) >= 11 is 0. The highest BCUT2D eigenvalue weighted by Crippen LogP contribution is 2.14. The molecule has 0 aliphatic rings. The fourth-order valence-corrected chi connectivity index (χ4v) is 1.40. The van der Waals surface area contributed by atoms with Crippen LogP contribution in [0, 0.1) is 6.92 Å². The van der Waals surface area contributed by atoms with E-state index >= 15 is 0 Å². The molecule has 0 amide bonds. The number of unbranched alkanes of at least 4 members (excludes halogenated alkanes) is 2. The van der Waals surface area contributed by atoms with Crippen LogP contribution in [0.5, 0.6) is 0 Å². The summed E-state index contributed by atoms with van der Waals surface area (Å²) in [5.41, 5.74) is 6.60. The van der Waals surface area contributed by atoms with E-state index in [9.17, 15) is 0 Å². The van der Waals surface area contributed by atoms with E-state index in [0.29, 0.717) is 5.82 Å². The molecule has 1 aromatic heterocycles. The van der Waals surface area contributed by atoms with Crippen molar-refractivity contribution in [2.24, 2.45) is 0 Å². The zero-order valence-corrected chi connectivity index (χ0v) is 9.99. The molecule has 90 valence electrons. The molecule has 1 heterocycles. The molecule has 0 aliphatic carbocycles. The van der Waals surface area contributed by atoms with Crippen molar-refractivity contribution in [3.05, 3.63) is 11.9 Å². The van der Waals surface area contributed by atoms with Crippen LogP contribution in [-0.4, -0.2) is 30.2 Å². The van der Waals surface area contributed by atoms with E-state index in [1.165, 1.54) is 6.33 Å². The Bertz CT molecular complexity index is 317. The molecule has 0 bridgehead atoms. The van der Waals surface area contributed by atoms with Crippen LogP contribution >= 0.6 is 0 Å². The van der Waals surface area contributed by atoms with Gasteiger partial charge in [-0.2, -0.15) is 0 Å². The predicted molar refractivity (Wildman–Crippen MR) is 65.4 cm³/mol. The van der Waals surface area contributed by atoms with E-state index in [-0.39, 0.29) is 0 Å². The molecule has 0 aromatic carbocycles. The number of nitrogens with one attached hydrogen (secondary N) is 1. The van der Waals surface area contributed by atoms with E-state index in [4.69, 9.17) is 10.5 Å². The van der Waals surface area contributed by atoms with Crippen molar-refractivity contribution in [3.63, 3.8) is 0 Å². The highest BCUT2D eigenvalue weighted by Gasteiger charge is 2.02. The second-order valence-electron chi connectivity index (χ2n) is 3.71. The largest absolute Gasteiger partial charge is 0.385 e. The van der Waals surface area contributed by atoms with Crippen LogP contribution < -0.4 is 11.1 Å². The monoisotopic (exact) mass is 224 g/mol. The number of hydrogen-bond donors (Lipinski definition) is 2. The smallest absolute Gasteiger partial charge is 0.134 e. The van der Waals surface area contributed by atoms with Gasteiger partial charge < -0.3 is 15.8 Å². The summed E-state index contributed by atoms with van der Waals surface area (Å²) in [6.07, 6.45) is 4.84. The van der Waals surface area contributed by atoms with Gasteiger partial charge in [0.2, 0.25) is 0 Å². The molecule has 0 unspecified atom stereocenters. The van der Waals surface area contributed by atoms with Gasteiger partial charge in [-0.3, -0.25) is 0 Å². The van der Waals surface area contributed by atoms with Crippen LogP contribution in [0.3, 0.4) is 0 Å². The van der Waals surface area contributed by atoms with Crippen molar-refractivity contribution in [1.82, 2.24) is 9.97 Å². The Labute approximate surface area is 96.4 Å². The summed E-state index contributed by atoms with van der Waals surface area (Å²) in [6.45, 7) is 3.66. The van der Waals surface area contributed by atoms with Gasteiger partial charge in [0.1, 0.15) is 18.0 Å². The van der Waals surface area contributed by atoms with Crippen LogP contribution in [0.2, 0.25) is 0 Å². The van der Waals surface area contributed by atoms with Gasteiger partial charge >= 0.3 is 0 Å². The summed E-state index contributed by atoms with van der Waals surface area (Å²) in [6, 6.07) is 0. The Balaban J connectivity index is 2.24. The first-order chi connectivity index (χ1) is 7.75. The number of nitrogens with zero attached hydrogens (tertiary/aromatic N) is 2. The van der Waals surface area contributed by atoms with Crippen molar-refractivity contribution in [3.8, 4) is 0 Å². The van der Waals surface area contributed by atoms with Gasteiger partial charge in [-0.05, 0) is 26.2 Å². The van der Waals surface area contributed by atoms with E-state index in [1.807, 2.05) is 6.92 Å². The van der Waals surface area contributed by atoms with Gasteiger partial charge in [-0.15, -0.1) is 0 Å². The number of nitrogens with two attached hydrogens (primary N) is 1. The Kier molecular flexibility index (Phi) is 5.56. The number of ether oxygens (including phenoxy) is 1. The maximum absolute atomic E-state index is 5.68. The Morgan fingerprint density at radius 3 is 2.88 bits per heavy atom. The molecule has 5 nitrogen and oxygen atoms in total. The van der Waals surface area contributed by atoms with Crippen LogP contribution in [0.1, 0.15) is 24.8 Å². The maximum atomic E-state index is 5.68. The molecule has 16 heavy (non-hydrogen) atoms. The minimum Gasteiger partial charge on any atom is -0.385 e. The topological polar surface area (TPSA) is 73.1 Å². The van der Waals surface area contributed by atoms with Crippen LogP contribution in [-0.2, 0) is 4.74 Å². The summed E-state index contributed by atoms with van der Waals surface area (Å²) < 4.78 is 4.98. The first kappa shape index (κ1) is 12.7. The lowest BCUT2D eigenvalue weighted by atomic mass is 10.2. The average molecular weight is 224 g/mol. The second kappa shape index (κ2) is 7.00. The molecule has 1 rings (SSSR count). The Morgan fingerprint density at radius 1 is 1.31 bits per heavy atom. The number of methoxy groups -OCH3 is 1. The highest BCUT2D eigenvalue weighted by atomic mass is 16.5. The van der Waals surface area contributed by atoms with Crippen molar-refractivity contribution < 1.29 is 4.74 Å². The fraction of sp³-hybridized carbons (Fsp3) is 0.636. The van der Waals surface area contributed by atoms with Crippen LogP contribution in [0.15, 0.2) is 6.33 Å². The SMILES string of the molecule is COCCCCCNc1ncnc(N)c1C.